The van der Waals surface area contributed by atoms with Crippen LogP contribution in [0.3, 0.4) is 0 Å². The first-order valence-electron chi connectivity index (χ1n) is 6.99. The number of carbonyl (C=O) groups is 1. The van der Waals surface area contributed by atoms with Crippen molar-refractivity contribution >= 4 is 16.9 Å². The van der Waals surface area contributed by atoms with Gasteiger partial charge in [-0.25, -0.2) is 4.98 Å². The maximum Gasteiger partial charge on any atom is 0.251 e. The van der Waals surface area contributed by atoms with E-state index >= 15 is 0 Å². The molecule has 3 rings (SSSR count). The summed E-state index contributed by atoms with van der Waals surface area (Å²) in [6, 6.07) is 15.5. The molecule has 0 spiro atoms. The average molecular weight is 279 g/mol. The first-order valence-corrected chi connectivity index (χ1v) is 6.99. The molecule has 0 aliphatic rings. The van der Waals surface area contributed by atoms with Gasteiger partial charge in [0.1, 0.15) is 5.82 Å². The highest BCUT2D eigenvalue weighted by Crippen LogP contribution is 2.20. The third kappa shape index (κ3) is 2.79. The number of amides is 1. The molecule has 0 saturated carbocycles. The Bertz CT molecular complexity index is 739. The largest absolute Gasteiger partial charge is 0.350 e. The second-order valence-corrected chi connectivity index (χ2v) is 5.31. The quantitative estimate of drug-likeness (QED) is 0.772. The van der Waals surface area contributed by atoms with Gasteiger partial charge in [0.25, 0.3) is 5.91 Å². The van der Waals surface area contributed by atoms with Crippen LogP contribution in [0.4, 0.5) is 0 Å². The first-order chi connectivity index (χ1) is 10.1. The topological polar surface area (TPSA) is 57.8 Å². The highest BCUT2D eigenvalue weighted by atomic mass is 16.1. The molecule has 4 heteroatoms. The van der Waals surface area contributed by atoms with Crippen molar-refractivity contribution in [2.24, 2.45) is 0 Å². The van der Waals surface area contributed by atoms with Crippen molar-refractivity contribution in [3.05, 3.63) is 54.1 Å². The van der Waals surface area contributed by atoms with E-state index in [0.29, 0.717) is 5.56 Å². The standard InChI is InChI=1S/C17H17N3O/c1-11(2)18-17(21)13-9-7-12(8-10-13)16-19-14-5-3-4-6-15(14)20-16/h3-11H,1-2H3,(H,18,21)(H,19,20). The summed E-state index contributed by atoms with van der Waals surface area (Å²) in [7, 11) is 0. The van der Waals surface area contributed by atoms with Gasteiger partial charge in [0.05, 0.1) is 11.0 Å². The number of carbonyl (C=O) groups excluding carboxylic acids is 1. The number of imidazole rings is 1. The third-order valence-electron chi connectivity index (χ3n) is 3.23. The fourth-order valence-electron chi connectivity index (χ4n) is 2.21. The molecule has 0 aliphatic carbocycles. The van der Waals surface area contributed by atoms with Gasteiger partial charge in [0.15, 0.2) is 0 Å². The Morgan fingerprint density at radius 3 is 2.48 bits per heavy atom. The van der Waals surface area contributed by atoms with Crippen molar-refractivity contribution in [3.63, 3.8) is 0 Å². The third-order valence-corrected chi connectivity index (χ3v) is 3.23. The minimum Gasteiger partial charge on any atom is -0.350 e. The van der Waals surface area contributed by atoms with Gasteiger partial charge in [-0.2, -0.15) is 0 Å². The Balaban J connectivity index is 1.88. The molecule has 0 radical (unpaired) electrons. The number of fused-ring (bicyclic) bond motifs is 1. The monoisotopic (exact) mass is 279 g/mol. The number of nitrogens with one attached hydrogen (secondary N) is 2. The van der Waals surface area contributed by atoms with Crippen LogP contribution in [-0.4, -0.2) is 21.9 Å². The minimum absolute atomic E-state index is 0.0545. The summed E-state index contributed by atoms with van der Waals surface area (Å²) in [4.78, 5) is 19.7. The van der Waals surface area contributed by atoms with Crippen molar-refractivity contribution in [3.8, 4) is 11.4 Å². The molecule has 0 fully saturated rings. The van der Waals surface area contributed by atoms with Gasteiger partial charge in [-0.05, 0) is 38.1 Å². The van der Waals surface area contributed by atoms with E-state index in [2.05, 4.69) is 15.3 Å². The molecule has 2 aromatic carbocycles. The maximum absolute atomic E-state index is 11.9. The van der Waals surface area contributed by atoms with Gasteiger partial charge in [0, 0.05) is 17.2 Å². The van der Waals surface area contributed by atoms with Gasteiger partial charge in [-0.3, -0.25) is 4.79 Å². The lowest BCUT2D eigenvalue weighted by molar-refractivity contribution is 0.0943. The number of hydrogen-bond acceptors (Lipinski definition) is 2. The number of aromatic amines is 1. The summed E-state index contributed by atoms with van der Waals surface area (Å²) < 4.78 is 0. The van der Waals surface area contributed by atoms with E-state index in [1.165, 1.54) is 0 Å². The molecule has 1 aromatic heterocycles. The number of rotatable bonds is 3. The molecule has 0 saturated heterocycles. The second-order valence-electron chi connectivity index (χ2n) is 5.31. The van der Waals surface area contributed by atoms with Crippen LogP contribution in [0.25, 0.3) is 22.4 Å². The van der Waals surface area contributed by atoms with Crippen LogP contribution >= 0.6 is 0 Å². The fraction of sp³-hybridized carbons (Fsp3) is 0.176. The predicted octanol–water partition coefficient (Wildman–Crippen LogP) is 3.37. The zero-order valence-corrected chi connectivity index (χ0v) is 12.1. The van der Waals surface area contributed by atoms with Crippen LogP contribution in [0, 0.1) is 0 Å². The lowest BCUT2D eigenvalue weighted by Crippen LogP contribution is -2.29. The lowest BCUT2D eigenvalue weighted by Gasteiger charge is -2.08. The van der Waals surface area contributed by atoms with E-state index in [1.807, 2.05) is 62.4 Å². The molecule has 0 unspecified atom stereocenters. The summed E-state index contributed by atoms with van der Waals surface area (Å²) in [6.07, 6.45) is 0. The number of H-pyrrole nitrogens is 1. The van der Waals surface area contributed by atoms with Crippen LogP contribution in [0.15, 0.2) is 48.5 Å². The zero-order chi connectivity index (χ0) is 14.8. The summed E-state index contributed by atoms with van der Waals surface area (Å²) in [6.45, 7) is 3.89. The Morgan fingerprint density at radius 2 is 1.81 bits per heavy atom. The molecule has 0 atom stereocenters. The van der Waals surface area contributed by atoms with Crippen LogP contribution in [0.5, 0.6) is 0 Å². The highest BCUT2D eigenvalue weighted by Gasteiger charge is 2.08. The molecule has 106 valence electrons. The van der Waals surface area contributed by atoms with E-state index in [9.17, 15) is 4.79 Å². The molecule has 21 heavy (non-hydrogen) atoms. The second kappa shape index (κ2) is 5.40. The van der Waals surface area contributed by atoms with E-state index in [-0.39, 0.29) is 11.9 Å². The summed E-state index contributed by atoms with van der Waals surface area (Å²) in [5, 5.41) is 2.88. The van der Waals surface area contributed by atoms with Gasteiger partial charge in [0.2, 0.25) is 0 Å². The Morgan fingerprint density at radius 1 is 1.10 bits per heavy atom. The Kier molecular flexibility index (Phi) is 3.44. The average Bonchev–Trinajstić information content (AvgIpc) is 2.90. The number of nitrogens with zero attached hydrogens (tertiary/aromatic N) is 1. The summed E-state index contributed by atoms with van der Waals surface area (Å²) >= 11 is 0. The molecule has 2 N–H and O–H groups in total. The normalized spacial score (nSPS) is 11.0. The molecular weight excluding hydrogens is 262 g/mol. The SMILES string of the molecule is CC(C)NC(=O)c1ccc(-c2nc3ccccc3[nH]2)cc1. The van der Waals surface area contributed by atoms with E-state index in [1.54, 1.807) is 0 Å². The van der Waals surface area contributed by atoms with Crippen molar-refractivity contribution < 1.29 is 4.79 Å². The Hall–Kier alpha value is -2.62. The molecule has 1 amide bonds. The van der Waals surface area contributed by atoms with Crippen molar-refractivity contribution in [1.82, 2.24) is 15.3 Å². The minimum atomic E-state index is -0.0545. The number of aromatic nitrogens is 2. The molecule has 0 aliphatic heterocycles. The number of para-hydroxylation sites is 2. The van der Waals surface area contributed by atoms with E-state index < -0.39 is 0 Å². The maximum atomic E-state index is 11.9. The number of hydrogen-bond donors (Lipinski definition) is 2. The smallest absolute Gasteiger partial charge is 0.251 e. The summed E-state index contributed by atoms with van der Waals surface area (Å²) in [5.74, 6) is 0.758. The van der Waals surface area contributed by atoms with E-state index in [0.717, 1.165) is 22.4 Å². The van der Waals surface area contributed by atoms with Crippen LogP contribution in [0.1, 0.15) is 24.2 Å². The summed E-state index contributed by atoms with van der Waals surface area (Å²) in [5.41, 5.74) is 3.57. The van der Waals surface area contributed by atoms with Gasteiger partial charge < -0.3 is 10.3 Å². The number of benzene rings is 2. The Labute approximate surface area is 123 Å². The van der Waals surface area contributed by atoms with Crippen LogP contribution in [-0.2, 0) is 0 Å². The molecule has 0 bridgehead atoms. The van der Waals surface area contributed by atoms with Crippen molar-refractivity contribution in [2.75, 3.05) is 0 Å². The first kappa shape index (κ1) is 13.4. The lowest BCUT2D eigenvalue weighted by atomic mass is 10.1. The van der Waals surface area contributed by atoms with Crippen LogP contribution < -0.4 is 5.32 Å². The van der Waals surface area contributed by atoms with Crippen molar-refractivity contribution in [1.29, 1.82) is 0 Å². The fourth-order valence-corrected chi connectivity index (χ4v) is 2.21. The van der Waals surface area contributed by atoms with Gasteiger partial charge in [-0.1, -0.05) is 24.3 Å². The molecule has 4 nitrogen and oxygen atoms in total. The zero-order valence-electron chi connectivity index (χ0n) is 12.1. The molecular formula is C17H17N3O. The molecule has 1 heterocycles. The van der Waals surface area contributed by atoms with Gasteiger partial charge >= 0.3 is 0 Å². The predicted molar refractivity (Wildman–Crippen MR) is 84.1 cm³/mol. The van der Waals surface area contributed by atoms with Crippen LogP contribution in [0.2, 0.25) is 0 Å². The van der Waals surface area contributed by atoms with Crippen molar-refractivity contribution in [2.45, 2.75) is 19.9 Å². The van der Waals surface area contributed by atoms with Gasteiger partial charge in [-0.15, -0.1) is 0 Å². The molecule has 3 aromatic rings. The van der Waals surface area contributed by atoms with E-state index in [4.69, 9.17) is 0 Å². The highest BCUT2D eigenvalue weighted by molar-refractivity contribution is 5.94.